The maximum atomic E-state index is 13.1. The Bertz CT molecular complexity index is 1680. The van der Waals surface area contributed by atoms with Crippen molar-refractivity contribution in [3.05, 3.63) is 95.8 Å². The van der Waals surface area contributed by atoms with Crippen LogP contribution >= 0.6 is 11.3 Å². The molecule has 0 saturated carbocycles. The molecule has 0 aliphatic rings. The first kappa shape index (κ1) is 23.3. The summed E-state index contributed by atoms with van der Waals surface area (Å²) in [6.07, 6.45) is 0. The lowest BCUT2D eigenvalue weighted by molar-refractivity contribution is -0.111. The van der Waals surface area contributed by atoms with Gasteiger partial charge in [-0.3, -0.25) is 21.1 Å². The Morgan fingerprint density at radius 2 is 1.51 bits per heavy atom. The molecule has 12 heteroatoms. The molecule has 5 aromatic rings. The zero-order valence-corrected chi connectivity index (χ0v) is 20.1. The number of amides is 1. The molecule has 11 nitrogen and oxygen atoms in total. The SMILES string of the molecule is N#C/C(=N/Nc1ccccc1)C(=O)Nn1/c(=N/Nc2ccccc2)sc2c(N)nn(-c3ccccc3)c21. The summed E-state index contributed by atoms with van der Waals surface area (Å²) in [4.78, 5) is 13.5. The number of nitrogen functional groups attached to an aromatic ring is 1. The molecule has 5 rings (SSSR count). The largest absolute Gasteiger partial charge is 0.381 e. The third-order valence-electron chi connectivity index (χ3n) is 5.10. The number of thiazole rings is 1. The smallest absolute Gasteiger partial charge is 0.301 e. The van der Waals surface area contributed by atoms with Gasteiger partial charge in [0.15, 0.2) is 11.5 Å². The van der Waals surface area contributed by atoms with Gasteiger partial charge in [-0.25, -0.2) is 9.36 Å². The molecule has 0 aliphatic carbocycles. The number of carbonyl (C=O) groups is 1. The number of nitriles is 1. The molecule has 0 atom stereocenters. The number of hydrogen-bond acceptors (Lipinski definition) is 9. The highest BCUT2D eigenvalue weighted by Gasteiger charge is 2.21. The van der Waals surface area contributed by atoms with Crippen molar-refractivity contribution in [1.82, 2.24) is 14.5 Å². The van der Waals surface area contributed by atoms with E-state index in [9.17, 15) is 10.1 Å². The highest BCUT2D eigenvalue weighted by Crippen LogP contribution is 2.26. The van der Waals surface area contributed by atoms with Gasteiger partial charge in [-0.1, -0.05) is 65.9 Å². The number of hydrogen-bond donors (Lipinski definition) is 4. The van der Waals surface area contributed by atoms with Crippen LogP contribution in [-0.2, 0) is 4.79 Å². The Labute approximate surface area is 214 Å². The average Bonchev–Trinajstić information content (AvgIpc) is 3.46. The van der Waals surface area contributed by atoms with Gasteiger partial charge in [0.25, 0.3) is 0 Å². The van der Waals surface area contributed by atoms with Crippen molar-refractivity contribution in [1.29, 1.82) is 5.26 Å². The Hall–Kier alpha value is -5.41. The molecule has 0 saturated heterocycles. The fourth-order valence-corrected chi connectivity index (χ4v) is 4.31. The molecule has 3 aromatic carbocycles. The van der Waals surface area contributed by atoms with Crippen LogP contribution in [0.25, 0.3) is 16.0 Å². The molecule has 1 amide bonds. The van der Waals surface area contributed by atoms with Crippen LogP contribution < -0.4 is 26.8 Å². The molecule has 0 spiro atoms. The molecular weight excluding hydrogens is 488 g/mol. The van der Waals surface area contributed by atoms with Crippen LogP contribution in [0.1, 0.15) is 0 Å². The Morgan fingerprint density at radius 3 is 2.14 bits per heavy atom. The number of anilines is 3. The van der Waals surface area contributed by atoms with E-state index >= 15 is 0 Å². The summed E-state index contributed by atoms with van der Waals surface area (Å²) in [6, 6.07) is 29.5. The zero-order valence-electron chi connectivity index (χ0n) is 19.2. The minimum atomic E-state index is -0.744. The van der Waals surface area contributed by atoms with Gasteiger partial charge in [0.05, 0.1) is 17.1 Å². The summed E-state index contributed by atoms with van der Waals surface area (Å²) in [6.45, 7) is 0. The second kappa shape index (κ2) is 10.5. The lowest BCUT2D eigenvalue weighted by atomic mass is 10.3. The van der Waals surface area contributed by atoms with Crippen LogP contribution in [0, 0.1) is 11.3 Å². The van der Waals surface area contributed by atoms with E-state index in [-0.39, 0.29) is 11.5 Å². The van der Waals surface area contributed by atoms with Gasteiger partial charge in [-0.15, -0.1) is 10.2 Å². The van der Waals surface area contributed by atoms with E-state index in [2.05, 4.69) is 31.6 Å². The first-order valence-electron chi connectivity index (χ1n) is 11.0. The standard InChI is InChI=1S/C25H20N10OS/c26-16-20(30-28-17-10-4-1-5-11-17)23(36)33-35-24-21(22(27)32-34(24)19-14-8-3-9-15-19)37-25(35)31-29-18-12-6-2-7-13-18/h1-15,28-29H,(H2,27,32)(H,33,36)/b30-20-,31-25-. The van der Waals surface area contributed by atoms with Crippen LogP contribution in [0.5, 0.6) is 0 Å². The first-order chi connectivity index (χ1) is 18.1. The summed E-state index contributed by atoms with van der Waals surface area (Å²) in [5, 5.41) is 22.5. The molecule has 182 valence electrons. The lowest BCUT2D eigenvalue weighted by Crippen LogP contribution is -2.36. The topological polar surface area (TPSA) is 150 Å². The highest BCUT2D eigenvalue weighted by atomic mass is 32.1. The molecule has 0 bridgehead atoms. The summed E-state index contributed by atoms with van der Waals surface area (Å²) in [7, 11) is 0. The molecule has 2 heterocycles. The van der Waals surface area contributed by atoms with E-state index in [4.69, 9.17) is 5.73 Å². The van der Waals surface area contributed by atoms with Crippen molar-refractivity contribution in [2.45, 2.75) is 0 Å². The van der Waals surface area contributed by atoms with E-state index in [1.807, 2.05) is 84.9 Å². The number of hydrazone groups is 1. The summed E-state index contributed by atoms with van der Waals surface area (Å²) in [5.74, 6) is -0.473. The number of aromatic nitrogens is 3. The summed E-state index contributed by atoms with van der Waals surface area (Å²) >= 11 is 1.23. The number of para-hydroxylation sites is 3. The predicted molar refractivity (Wildman–Crippen MR) is 144 cm³/mol. The van der Waals surface area contributed by atoms with E-state index in [0.29, 0.717) is 20.8 Å². The fraction of sp³-hybridized carbons (Fsp3) is 0. The Kier molecular flexibility index (Phi) is 6.60. The molecule has 37 heavy (non-hydrogen) atoms. The second-order valence-corrected chi connectivity index (χ2v) is 8.56. The quantitative estimate of drug-likeness (QED) is 0.195. The van der Waals surface area contributed by atoms with Gasteiger partial charge in [0.2, 0.25) is 10.5 Å². The van der Waals surface area contributed by atoms with Crippen LogP contribution in [-0.4, -0.2) is 26.1 Å². The van der Waals surface area contributed by atoms with Gasteiger partial charge in [-0.2, -0.15) is 10.4 Å². The van der Waals surface area contributed by atoms with Crippen molar-refractivity contribution in [2.75, 3.05) is 22.0 Å². The number of carbonyl (C=O) groups excluding carboxylic acids is 1. The first-order valence-corrected chi connectivity index (χ1v) is 11.9. The zero-order chi connectivity index (χ0) is 25.6. The molecule has 5 N–H and O–H groups in total. The number of nitrogens with zero attached hydrogens (tertiary/aromatic N) is 6. The van der Waals surface area contributed by atoms with E-state index in [1.165, 1.54) is 16.0 Å². The minimum absolute atomic E-state index is 0.271. The Morgan fingerprint density at radius 1 is 0.919 bits per heavy atom. The van der Waals surface area contributed by atoms with Crippen LogP contribution in [0.15, 0.2) is 101 Å². The van der Waals surface area contributed by atoms with Crippen LogP contribution in [0.3, 0.4) is 0 Å². The van der Waals surface area contributed by atoms with Crippen LogP contribution in [0.4, 0.5) is 17.2 Å². The number of rotatable bonds is 7. The van der Waals surface area contributed by atoms with Crippen LogP contribution in [0.2, 0.25) is 0 Å². The van der Waals surface area contributed by atoms with Gasteiger partial charge >= 0.3 is 5.91 Å². The van der Waals surface area contributed by atoms with Crippen molar-refractivity contribution in [2.24, 2.45) is 10.2 Å². The lowest BCUT2D eigenvalue weighted by Gasteiger charge is -2.09. The van der Waals surface area contributed by atoms with E-state index < -0.39 is 5.91 Å². The van der Waals surface area contributed by atoms with Gasteiger partial charge in [0, 0.05) is 0 Å². The van der Waals surface area contributed by atoms with Crippen molar-refractivity contribution >= 4 is 50.5 Å². The normalized spacial score (nSPS) is 11.8. The predicted octanol–water partition coefficient (Wildman–Crippen LogP) is 3.46. The van der Waals surface area contributed by atoms with E-state index in [0.717, 1.165) is 11.4 Å². The van der Waals surface area contributed by atoms with Crippen molar-refractivity contribution in [3.8, 4) is 11.8 Å². The maximum Gasteiger partial charge on any atom is 0.301 e. The molecule has 0 aliphatic heterocycles. The average molecular weight is 509 g/mol. The molecular formula is C25H20N10OS. The van der Waals surface area contributed by atoms with Crippen molar-refractivity contribution in [3.63, 3.8) is 0 Å². The second-order valence-electron chi connectivity index (χ2n) is 7.59. The number of nitrogens with two attached hydrogens (primary N) is 1. The van der Waals surface area contributed by atoms with Gasteiger partial charge in [-0.05, 0) is 36.4 Å². The highest BCUT2D eigenvalue weighted by molar-refractivity contribution is 7.17. The number of fused-ring (bicyclic) bond motifs is 1. The van der Waals surface area contributed by atoms with E-state index in [1.54, 1.807) is 16.8 Å². The Balaban J connectivity index is 1.58. The van der Waals surface area contributed by atoms with Crippen molar-refractivity contribution < 1.29 is 4.79 Å². The van der Waals surface area contributed by atoms with Gasteiger partial charge in [0.1, 0.15) is 10.8 Å². The number of nitrogens with one attached hydrogen (secondary N) is 3. The number of benzene rings is 3. The molecule has 2 aromatic heterocycles. The molecule has 0 fully saturated rings. The molecule has 0 radical (unpaired) electrons. The third-order valence-corrected chi connectivity index (χ3v) is 6.15. The maximum absolute atomic E-state index is 13.1. The summed E-state index contributed by atoms with van der Waals surface area (Å²) in [5.41, 5.74) is 16.9. The third kappa shape index (κ3) is 5.02. The fourth-order valence-electron chi connectivity index (χ4n) is 3.40. The monoisotopic (exact) mass is 508 g/mol. The minimum Gasteiger partial charge on any atom is -0.381 e. The van der Waals surface area contributed by atoms with Gasteiger partial charge < -0.3 is 5.73 Å². The summed E-state index contributed by atoms with van der Waals surface area (Å²) < 4.78 is 3.65. The molecule has 0 unspecified atom stereocenters.